The summed E-state index contributed by atoms with van der Waals surface area (Å²) in [6.45, 7) is 4.72. The Labute approximate surface area is 231 Å². The van der Waals surface area contributed by atoms with Crippen LogP contribution in [0.2, 0.25) is 0 Å². The van der Waals surface area contributed by atoms with Gasteiger partial charge in [-0.25, -0.2) is 0 Å². The quantitative estimate of drug-likeness (QED) is 0.232. The average Bonchev–Trinajstić information content (AvgIpc) is 3.43. The van der Waals surface area contributed by atoms with Crippen LogP contribution in [0.4, 0.5) is 5.69 Å². The van der Waals surface area contributed by atoms with Gasteiger partial charge in [0, 0.05) is 5.92 Å². The number of hydrogen-bond acceptors (Lipinski definition) is 5. The Morgan fingerprint density at radius 1 is 1.19 bits per heavy atom. The van der Waals surface area contributed by atoms with Gasteiger partial charge in [0.2, 0.25) is 11.8 Å². The molecule has 0 aromatic heterocycles. The maximum absolute atomic E-state index is 13.6. The van der Waals surface area contributed by atoms with E-state index in [0.717, 1.165) is 28.4 Å². The van der Waals surface area contributed by atoms with Crippen LogP contribution >= 0.6 is 22.6 Å². The van der Waals surface area contributed by atoms with Crippen molar-refractivity contribution in [2.45, 2.75) is 45.6 Å². The van der Waals surface area contributed by atoms with Crippen molar-refractivity contribution in [3.63, 3.8) is 0 Å². The first-order valence-electron chi connectivity index (χ1n) is 12.8. The summed E-state index contributed by atoms with van der Waals surface area (Å²) in [7, 11) is 1.55. The van der Waals surface area contributed by atoms with Crippen molar-refractivity contribution >= 4 is 46.2 Å². The largest absolute Gasteiger partial charge is 0.504 e. The predicted molar refractivity (Wildman–Crippen MR) is 151 cm³/mol. The van der Waals surface area contributed by atoms with Crippen LogP contribution in [0, 0.1) is 21.3 Å². The molecule has 3 aliphatic rings. The van der Waals surface area contributed by atoms with Crippen LogP contribution in [-0.2, 0) is 14.3 Å². The summed E-state index contributed by atoms with van der Waals surface area (Å²) in [4.78, 5) is 28.3. The molecule has 0 spiro atoms. The highest BCUT2D eigenvalue weighted by Gasteiger charge is 2.57. The van der Waals surface area contributed by atoms with Gasteiger partial charge in [0.05, 0.1) is 40.9 Å². The number of nitrogens with zero attached hydrogens (tertiary/aromatic N) is 1. The number of fused-ring (bicyclic) bond motifs is 3. The van der Waals surface area contributed by atoms with Crippen molar-refractivity contribution in [3.8, 4) is 11.5 Å². The summed E-state index contributed by atoms with van der Waals surface area (Å²) in [6, 6.07) is 13.0. The first-order valence-corrected chi connectivity index (χ1v) is 13.9. The molecule has 7 heteroatoms. The van der Waals surface area contributed by atoms with Gasteiger partial charge in [-0.05, 0) is 90.6 Å². The van der Waals surface area contributed by atoms with Crippen molar-refractivity contribution in [1.29, 1.82) is 0 Å². The van der Waals surface area contributed by atoms with E-state index in [1.807, 2.05) is 42.5 Å². The van der Waals surface area contributed by atoms with E-state index in [4.69, 9.17) is 9.47 Å². The highest BCUT2D eigenvalue weighted by Crippen LogP contribution is 2.51. The van der Waals surface area contributed by atoms with Gasteiger partial charge in [-0.3, -0.25) is 14.5 Å². The van der Waals surface area contributed by atoms with E-state index >= 15 is 0 Å². The molecule has 4 atom stereocenters. The zero-order valence-corrected chi connectivity index (χ0v) is 23.5. The molecule has 2 aromatic rings. The number of halogens is 1. The second kappa shape index (κ2) is 10.6. The van der Waals surface area contributed by atoms with Gasteiger partial charge >= 0.3 is 0 Å². The fourth-order valence-electron chi connectivity index (χ4n) is 6.19. The lowest BCUT2D eigenvalue weighted by atomic mass is 9.69. The lowest BCUT2D eigenvalue weighted by Crippen LogP contribution is -2.34. The summed E-state index contributed by atoms with van der Waals surface area (Å²) < 4.78 is 12.4. The molecule has 2 aromatic carbocycles. The van der Waals surface area contributed by atoms with Gasteiger partial charge in [0.15, 0.2) is 11.5 Å². The molecule has 6 nitrogen and oxygen atoms in total. The maximum Gasteiger partial charge on any atom is 0.238 e. The molecule has 194 valence electrons. The Hall–Kier alpha value is -2.65. The molecule has 2 aliphatic heterocycles. The van der Waals surface area contributed by atoms with E-state index in [1.54, 1.807) is 7.11 Å². The Morgan fingerprint density at radius 3 is 2.65 bits per heavy atom. The molecule has 37 heavy (non-hydrogen) atoms. The molecule has 1 N–H and O–H groups in total. The summed E-state index contributed by atoms with van der Waals surface area (Å²) in [5, 5.41) is 10.1. The molecule has 0 bridgehead atoms. The molecular weight excluding hydrogens is 581 g/mol. The van der Waals surface area contributed by atoms with Gasteiger partial charge in [0.1, 0.15) is 0 Å². The topological polar surface area (TPSA) is 76.1 Å². The number of carbonyl (C=O) groups excluding carboxylic acids is 2. The molecule has 0 unspecified atom stereocenters. The van der Waals surface area contributed by atoms with Crippen LogP contribution in [0.5, 0.6) is 11.5 Å². The number of amides is 2. The lowest BCUT2D eigenvalue weighted by Gasteiger charge is -2.31. The van der Waals surface area contributed by atoms with E-state index in [2.05, 4.69) is 42.5 Å². The number of phenolic OH excluding ortho intramolecular Hbond substituents is 1. The number of rotatable bonds is 7. The third-order valence-electron chi connectivity index (χ3n) is 7.93. The fraction of sp³-hybridized carbons (Fsp3) is 0.400. The molecular formula is C30H32INO5. The number of aromatic hydroxyl groups is 1. The third-order valence-corrected chi connectivity index (χ3v) is 8.76. The van der Waals surface area contributed by atoms with Gasteiger partial charge < -0.3 is 14.6 Å². The zero-order valence-electron chi connectivity index (χ0n) is 21.4. The third kappa shape index (κ3) is 4.72. The molecule has 0 radical (unpaired) electrons. The zero-order chi connectivity index (χ0) is 26.3. The lowest BCUT2D eigenvalue weighted by molar-refractivity contribution is -0.122. The summed E-state index contributed by atoms with van der Waals surface area (Å²) in [5.74, 6) is -0.219. The number of benzene rings is 2. The summed E-state index contributed by atoms with van der Waals surface area (Å²) >= 11 is 2.10. The number of anilines is 1. The van der Waals surface area contributed by atoms with Gasteiger partial charge in [0.25, 0.3) is 0 Å². The molecule has 2 amide bonds. The fourth-order valence-corrected chi connectivity index (χ4v) is 6.82. The van der Waals surface area contributed by atoms with E-state index < -0.39 is 0 Å². The first-order chi connectivity index (χ1) is 17.8. The van der Waals surface area contributed by atoms with Crippen molar-refractivity contribution in [3.05, 3.63) is 68.3 Å². The van der Waals surface area contributed by atoms with Crippen molar-refractivity contribution in [2.75, 3.05) is 18.6 Å². The molecule has 1 aliphatic carbocycles. The number of para-hydroxylation sites is 1. The minimum absolute atomic E-state index is 0.0314. The molecule has 2 fully saturated rings. The molecule has 2 saturated heterocycles. The standard InChI is InChI=1S/C30H32INO5/c1-4-19-15-21-27(30(35)32(29(21)34)20-8-6-5-7-9-20)22-16-37-24(26(19)22)11-10-17(2)12-18-13-23(31)28(33)25(14-18)36-3/h5-9,12-14,21-22,24,27,33H,4,10-11,15-16H2,1-3H3/b17-12+/t21-,22+,24-,27-/m1/s1. The number of imide groups is 1. The van der Waals surface area contributed by atoms with Crippen LogP contribution in [-0.4, -0.2) is 36.7 Å². The number of allylic oxidation sites excluding steroid dienone is 2. The van der Waals surface area contributed by atoms with E-state index in [-0.39, 0.29) is 41.4 Å². The van der Waals surface area contributed by atoms with Crippen LogP contribution in [0.25, 0.3) is 6.08 Å². The van der Waals surface area contributed by atoms with E-state index in [9.17, 15) is 14.7 Å². The highest BCUT2D eigenvalue weighted by molar-refractivity contribution is 14.1. The van der Waals surface area contributed by atoms with E-state index in [1.165, 1.54) is 21.6 Å². The summed E-state index contributed by atoms with van der Waals surface area (Å²) in [6.07, 6.45) is 5.25. The predicted octanol–water partition coefficient (Wildman–Crippen LogP) is 6.12. The van der Waals surface area contributed by atoms with Crippen molar-refractivity contribution in [1.82, 2.24) is 0 Å². The van der Waals surface area contributed by atoms with Crippen molar-refractivity contribution in [2.24, 2.45) is 17.8 Å². The number of hydrogen-bond donors (Lipinski definition) is 1. The number of phenols is 1. The molecule has 2 heterocycles. The summed E-state index contributed by atoms with van der Waals surface area (Å²) in [5.41, 5.74) is 5.37. The Kier molecular flexibility index (Phi) is 7.45. The van der Waals surface area contributed by atoms with Crippen LogP contribution in [0.15, 0.2) is 59.2 Å². The van der Waals surface area contributed by atoms with Gasteiger partial charge in [-0.15, -0.1) is 0 Å². The molecule has 5 rings (SSSR count). The van der Waals surface area contributed by atoms with Crippen LogP contribution in [0.1, 0.15) is 45.1 Å². The average molecular weight is 613 g/mol. The highest BCUT2D eigenvalue weighted by atomic mass is 127. The second-order valence-corrected chi connectivity index (χ2v) is 11.3. The van der Waals surface area contributed by atoms with Crippen LogP contribution in [0.3, 0.4) is 0 Å². The maximum atomic E-state index is 13.6. The first kappa shape index (κ1) is 26.0. The number of ether oxygens (including phenoxy) is 2. The van der Waals surface area contributed by atoms with E-state index in [0.29, 0.717) is 24.5 Å². The minimum Gasteiger partial charge on any atom is -0.504 e. The number of methoxy groups -OCH3 is 1. The SMILES string of the molecule is CCC1=C2[C@@H](CC/C(C)=C/c3cc(I)c(O)c(OC)c3)OC[C@@H]2[C@@H]2C(=O)N(c3ccccc3)C(=O)[C@@H]2C1. The van der Waals surface area contributed by atoms with Gasteiger partial charge in [-0.2, -0.15) is 0 Å². The Bertz CT molecular complexity index is 1280. The van der Waals surface area contributed by atoms with Crippen molar-refractivity contribution < 1.29 is 24.2 Å². The number of carbonyl (C=O) groups is 2. The Morgan fingerprint density at radius 2 is 1.95 bits per heavy atom. The normalized spacial score (nSPS) is 25.5. The van der Waals surface area contributed by atoms with Gasteiger partial charge in [-0.1, -0.05) is 42.3 Å². The molecule has 0 saturated carbocycles. The second-order valence-electron chi connectivity index (χ2n) is 10.1. The smallest absolute Gasteiger partial charge is 0.238 e. The monoisotopic (exact) mass is 613 g/mol. The minimum atomic E-state index is -0.341. The van der Waals surface area contributed by atoms with Crippen LogP contribution < -0.4 is 9.64 Å². The Balaban J connectivity index is 1.34.